The van der Waals surface area contributed by atoms with E-state index in [1.54, 1.807) is 0 Å². The molecule has 1 aromatic heterocycles. The van der Waals surface area contributed by atoms with Gasteiger partial charge in [0.15, 0.2) is 5.96 Å². The molecule has 1 aliphatic rings. The predicted octanol–water partition coefficient (Wildman–Crippen LogP) is 1.67. The summed E-state index contributed by atoms with van der Waals surface area (Å²) in [5.74, 6) is 0.448. The zero-order valence-electron chi connectivity index (χ0n) is 13.4. The highest BCUT2D eigenvalue weighted by molar-refractivity contribution is 5.78. The molecule has 1 saturated heterocycles. The maximum Gasteiger partial charge on any atom is 0.189 e. The Labute approximate surface area is 136 Å². The van der Waals surface area contributed by atoms with Crippen LogP contribution in [-0.4, -0.2) is 35.0 Å². The van der Waals surface area contributed by atoms with Gasteiger partial charge in [0.25, 0.3) is 0 Å². The summed E-state index contributed by atoms with van der Waals surface area (Å²) in [6.07, 6.45) is 4.45. The average Bonchev–Trinajstić information content (AvgIpc) is 3.21. The molecule has 1 fully saturated rings. The standard InChI is InChI=1S/C17H23N5O/c1-22-12-14(16(21-22)13-6-3-2-4-7-13)10-19-17(18)20-11-15-8-5-9-23-15/h2-4,6-7,12,15H,5,8-11H2,1H3,(H3,18,19,20). The first-order valence-electron chi connectivity index (χ1n) is 7.95. The second kappa shape index (κ2) is 7.28. The minimum atomic E-state index is 0.252. The molecule has 1 aliphatic heterocycles. The van der Waals surface area contributed by atoms with E-state index in [0.717, 1.165) is 36.3 Å². The lowest BCUT2D eigenvalue weighted by atomic mass is 10.1. The van der Waals surface area contributed by atoms with Crippen molar-refractivity contribution in [2.75, 3.05) is 13.2 Å². The van der Waals surface area contributed by atoms with E-state index in [1.807, 2.05) is 36.1 Å². The molecule has 0 spiro atoms. The number of hydrogen-bond donors (Lipinski definition) is 2. The van der Waals surface area contributed by atoms with Crippen molar-refractivity contribution in [3.63, 3.8) is 0 Å². The predicted molar refractivity (Wildman–Crippen MR) is 90.9 cm³/mol. The fourth-order valence-electron chi connectivity index (χ4n) is 2.74. The van der Waals surface area contributed by atoms with Crippen LogP contribution in [0.25, 0.3) is 11.3 Å². The SMILES string of the molecule is Cn1cc(CN=C(N)NCC2CCCO2)c(-c2ccccc2)n1. The monoisotopic (exact) mass is 313 g/mol. The minimum Gasteiger partial charge on any atom is -0.376 e. The molecule has 2 heterocycles. The number of rotatable bonds is 5. The summed E-state index contributed by atoms with van der Waals surface area (Å²) in [6.45, 7) is 2.07. The quantitative estimate of drug-likeness (QED) is 0.650. The molecule has 0 amide bonds. The molecule has 0 aliphatic carbocycles. The Hall–Kier alpha value is -2.34. The molecule has 0 radical (unpaired) electrons. The number of benzene rings is 1. The summed E-state index contributed by atoms with van der Waals surface area (Å²) < 4.78 is 7.37. The Morgan fingerprint density at radius 1 is 1.43 bits per heavy atom. The molecule has 1 atom stereocenters. The van der Waals surface area contributed by atoms with Gasteiger partial charge in [0.2, 0.25) is 0 Å². The van der Waals surface area contributed by atoms with Crippen molar-refractivity contribution < 1.29 is 4.74 Å². The van der Waals surface area contributed by atoms with Crippen LogP contribution in [0, 0.1) is 0 Å². The smallest absolute Gasteiger partial charge is 0.189 e. The van der Waals surface area contributed by atoms with Crippen LogP contribution in [0.5, 0.6) is 0 Å². The van der Waals surface area contributed by atoms with E-state index in [1.165, 1.54) is 0 Å². The number of aromatic nitrogens is 2. The summed E-state index contributed by atoms with van der Waals surface area (Å²) in [4.78, 5) is 4.43. The lowest BCUT2D eigenvalue weighted by Gasteiger charge is -2.11. The van der Waals surface area contributed by atoms with E-state index in [2.05, 4.69) is 27.5 Å². The second-order valence-corrected chi connectivity index (χ2v) is 5.76. The van der Waals surface area contributed by atoms with E-state index in [9.17, 15) is 0 Å². The number of nitrogens with one attached hydrogen (secondary N) is 1. The first-order valence-corrected chi connectivity index (χ1v) is 7.95. The van der Waals surface area contributed by atoms with Crippen LogP contribution < -0.4 is 11.1 Å². The molecule has 2 aromatic rings. The molecule has 0 saturated carbocycles. The molecular formula is C17H23N5O. The van der Waals surface area contributed by atoms with Crippen LogP contribution in [0.1, 0.15) is 18.4 Å². The Morgan fingerprint density at radius 3 is 3.00 bits per heavy atom. The number of nitrogens with zero attached hydrogens (tertiary/aromatic N) is 3. The third kappa shape index (κ3) is 4.10. The summed E-state index contributed by atoms with van der Waals surface area (Å²) in [5.41, 5.74) is 9.04. The van der Waals surface area contributed by atoms with Crippen molar-refractivity contribution in [2.24, 2.45) is 17.8 Å². The highest BCUT2D eigenvalue weighted by Gasteiger charge is 2.15. The van der Waals surface area contributed by atoms with Gasteiger partial charge >= 0.3 is 0 Å². The number of nitrogens with two attached hydrogens (primary N) is 1. The fourth-order valence-corrected chi connectivity index (χ4v) is 2.74. The lowest BCUT2D eigenvalue weighted by Crippen LogP contribution is -2.37. The molecule has 1 aromatic carbocycles. The maximum absolute atomic E-state index is 5.95. The normalized spacial score (nSPS) is 18.3. The van der Waals surface area contributed by atoms with E-state index >= 15 is 0 Å². The van der Waals surface area contributed by atoms with Crippen molar-refractivity contribution in [3.05, 3.63) is 42.1 Å². The number of hydrogen-bond acceptors (Lipinski definition) is 3. The first-order chi connectivity index (χ1) is 11.2. The highest BCUT2D eigenvalue weighted by atomic mass is 16.5. The summed E-state index contributed by atoms with van der Waals surface area (Å²) in [6, 6.07) is 10.1. The Morgan fingerprint density at radius 2 is 2.26 bits per heavy atom. The number of guanidine groups is 1. The van der Waals surface area contributed by atoms with Gasteiger partial charge in [-0.25, -0.2) is 4.99 Å². The van der Waals surface area contributed by atoms with Gasteiger partial charge in [-0.2, -0.15) is 5.10 Å². The summed E-state index contributed by atoms with van der Waals surface area (Å²) in [7, 11) is 1.92. The van der Waals surface area contributed by atoms with Crippen LogP contribution >= 0.6 is 0 Å². The second-order valence-electron chi connectivity index (χ2n) is 5.76. The van der Waals surface area contributed by atoms with E-state index < -0.39 is 0 Å². The number of aryl methyl sites for hydroxylation is 1. The van der Waals surface area contributed by atoms with Crippen LogP contribution in [0.15, 0.2) is 41.5 Å². The van der Waals surface area contributed by atoms with E-state index in [0.29, 0.717) is 19.0 Å². The molecule has 23 heavy (non-hydrogen) atoms. The van der Waals surface area contributed by atoms with Gasteiger partial charge in [-0.05, 0) is 12.8 Å². The van der Waals surface area contributed by atoms with E-state index in [4.69, 9.17) is 10.5 Å². The van der Waals surface area contributed by atoms with E-state index in [-0.39, 0.29) is 6.10 Å². The molecule has 0 bridgehead atoms. The highest BCUT2D eigenvalue weighted by Crippen LogP contribution is 2.22. The molecular weight excluding hydrogens is 290 g/mol. The van der Waals surface area contributed by atoms with Crippen LogP contribution in [-0.2, 0) is 18.3 Å². The topological polar surface area (TPSA) is 77.5 Å². The van der Waals surface area contributed by atoms with Gasteiger partial charge < -0.3 is 15.8 Å². The first kappa shape index (κ1) is 15.6. The van der Waals surface area contributed by atoms with Crippen molar-refractivity contribution in [2.45, 2.75) is 25.5 Å². The van der Waals surface area contributed by atoms with Gasteiger partial charge in [-0.3, -0.25) is 4.68 Å². The van der Waals surface area contributed by atoms with Crippen LogP contribution in [0.3, 0.4) is 0 Å². The third-order valence-electron chi connectivity index (χ3n) is 3.91. The molecule has 1 unspecified atom stereocenters. The summed E-state index contributed by atoms with van der Waals surface area (Å²) in [5, 5.41) is 7.67. The van der Waals surface area contributed by atoms with Gasteiger partial charge in [0, 0.05) is 37.5 Å². The zero-order chi connectivity index (χ0) is 16.1. The van der Waals surface area contributed by atoms with Crippen molar-refractivity contribution >= 4 is 5.96 Å². The summed E-state index contributed by atoms with van der Waals surface area (Å²) >= 11 is 0. The average molecular weight is 313 g/mol. The molecule has 6 heteroatoms. The van der Waals surface area contributed by atoms with Crippen molar-refractivity contribution in [3.8, 4) is 11.3 Å². The van der Waals surface area contributed by atoms with Gasteiger partial charge in [-0.1, -0.05) is 30.3 Å². The van der Waals surface area contributed by atoms with Crippen molar-refractivity contribution in [1.82, 2.24) is 15.1 Å². The van der Waals surface area contributed by atoms with Gasteiger partial charge in [0.05, 0.1) is 18.3 Å². The van der Waals surface area contributed by atoms with Gasteiger partial charge in [0.1, 0.15) is 0 Å². The Bertz CT molecular complexity index is 659. The minimum absolute atomic E-state index is 0.252. The number of ether oxygens (including phenoxy) is 1. The Kier molecular flexibility index (Phi) is 4.92. The Balaban J connectivity index is 1.64. The maximum atomic E-state index is 5.95. The molecule has 3 N–H and O–H groups in total. The fraction of sp³-hybridized carbons (Fsp3) is 0.412. The largest absolute Gasteiger partial charge is 0.376 e. The zero-order valence-corrected chi connectivity index (χ0v) is 13.4. The van der Waals surface area contributed by atoms with Crippen LogP contribution in [0.2, 0.25) is 0 Å². The lowest BCUT2D eigenvalue weighted by molar-refractivity contribution is 0.114. The van der Waals surface area contributed by atoms with Gasteiger partial charge in [-0.15, -0.1) is 0 Å². The third-order valence-corrected chi connectivity index (χ3v) is 3.91. The van der Waals surface area contributed by atoms with Crippen LogP contribution in [0.4, 0.5) is 0 Å². The molecule has 122 valence electrons. The van der Waals surface area contributed by atoms with Crippen molar-refractivity contribution in [1.29, 1.82) is 0 Å². The number of aliphatic imine (C=N–C) groups is 1. The molecule has 6 nitrogen and oxygen atoms in total. The molecule has 3 rings (SSSR count).